The summed E-state index contributed by atoms with van der Waals surface area (Å²) in [4.78, 5) is 14.8. The molecule has 0 aromatic heterocycles. The van der Waals surface area contributed by atoms with Gasteiger partial charge in [0.2, 0.25) is 0 Å². The first-order chi connectivity index (χ1) is 12.8. The van der Waals surface area contributed by atoms with Crippen molar-refractivity contribution < 1.29 is 22.7 Å². The lowest BCUT2D eigenvalue weighted by molar-refractivity contribution is 0.0978. The van der Waals surface area contributed by atoms with Gasteiger partial charge in [-0.1, -0.05) is 11.6 Å². The van der Waals surface area contributed by atoms with Crippen molar-refractivity contribution in [3.05, 3.63) is 53.1 Å². The van der Waals surface area contributed by atoms with Crippen LogP contribution < -0.4 is 14.4 Å². The van der Waals surface area contributed by atoms with E-state index in [1.54, 1.807) is 42.5 Å². The largest absolute Gasteiger partial charge is 0.497 e. The van der Waals surface area contributed by atoms with Crippen molar-refractivity contribution in [3.8, 4) is 11.5 Å². The molecule has 6 nitrogen and oxygen atoms in total. The molecule has 2 aromatic carbocycles. The van der Waals surface area contributed by atoms with E-state index in [1.165, 1.54) is 19.1 Å². The monoisotopic (exact) mass is 409 g/mol. The Morgan fingerprint density at radius 1 is 1.11 bits per heavy atom. The van der Waals surface area contributed by atoms with E-state index in [4.69, 9.17) is 21.1 Å². The van der Waals surface area contributed by atoms with Crippen LogP contribution in [0, 0.1) is 0 Å². The highest BCUT2D eigenvalue weighted by molar-refractivity contribution is 7.91. The smallest absolute Gasteiger partial charge is 0.258 e. The van der Waals surface area contributed by atoms with Crippen molar-refractivity contribution in [2.45, 2.75) is 12.5 Å². The van der Waals surface area contributed by atoms with E-state index in [0.717, 1.165) is 0 Å². The van der Waals surface area contributed by atoms with Gasteiger partial charge >= 0.3 is 0 Å². The van der Waals surface area contributed by atoms with Crippen LogP contribution in [0.2, 0.25) is 5.02 Å². The number of carbonyl (C=O) groups is 1. The van der Waals surface area contributed by atoms with E-state index < -0.39 is 15.9 Å². The van der Waals surface area contributed by atoms with E-state index >= 15 is 0 Å². The van der Waals surface area contributed by atoms with Crippen molar-refractivity contribution in [1.29, 1.82) is 0 Å². The predicted molar refractivity (Wildman–Crippen MR) is 105 cm³/mol. The summed E-state index contributed by atoms with van der Waals surface area (Å²) in [6.45, 7) is 0. The Kier molecular flexibility index (Phi) is 5.62. The van der Waals surface area contributed by atoms with Crippen molar-refractivity contribution in [1.82, 2.24) is 0 Å². The zero-order valence-electron chi connectivity index (χ0n) is 15.0. The molecule has 0 saturated carbocycles. The zero-order chi connectivity index (χ0) is 19.6. The topological polar surface area (TPSA) is 72.9 Å². The first-order valence-electron chi connectivity index (χ1n) is 8.36. The van der Waals surface area contributed by atoms with Crippen molar-refractivity contribution in [2.24, 2.45) is 0 Å². The molecule has 1 saturated heterocycles. The van der Waals surface area contributed by atoms with Gasteiger partial charge in [0.1, 0.15) is 11.5 Å². The predicted octanol–water partition coefficient (Wildman–Crippen LogP) is 3.19. The number of carbonyl (C=O) groups excluding carboxylic acids is 1. The maximum absolute atomic E-state index is 13.3. The molecular formula is C19H20ClNO5S. The third kappa shape index (κ3) is 4.20. The van der Waals surface area contributed by atoms with Crippen LogP contribution in [0.25, 0.3) is 0 Å². The number of ether oxygens (including phenoxy) is 2. The second kappa shape index (κ2) is 7.78. The van der Waals surface area contributed by atoms with Gasteiger partial charge in [0.25, 0.3) is 5.91 Å². The maximum atomic E-state index is 13.3. The molecule has 1 fully saturated rings. The molecule has 2 aromatic rings. The number of rotatable bonds is 5. The summed E-state index contributed by atoms with van der Waals surface area (Å²) in [6.07, 6.45) is 0.363. The number of methoxy groups -OCH3 is 2. The van der Waals surface area contributed by atoms with Gasteiger partial charge in [-0.2, -0.15) is 0 Å². The van der Waals surface area contributed by atoms with Gasteiger partial charge in [-0.05, 0) is 42.8 Å². The van der Waals surface area contributed by atoms with Crippen LogP contribution in [0.1, 0.15) is 16.8 Å². The molecule has 1 aliphatic heterocycles. The highest BCUT2D eigenvalue weighted by atomic mass is 35.5. The normalized spacial score (nSPS) is 18.1. The molecule has 1 amide bonds. The number of anilines is 1. The average molecular weight is 410 g/mol. The van der Waals surface area contributed by atoms with Gasteiger partial charge in [-0.25, -0.2) is 8.42 Å². The molecular weight excluding hydrogens is 390 g/mol. The summed E-state index contributed by atoms with van der Waals surface area (Å²) >= 11 is 5.92. The lowest BCUT2D eigenvalue weighted by atomic mass is 10.1. The van der Waals surface area contributed by atoms with Crippen molar-refractivity contribution >= 4 is 33.0 Å². The summed E-state index contributed by atoms with van der Waals surface area (Å²) in [6, 6.07) is 11.1. The summed E-state index contributed by atoms with van der Waals surface area (Å²) in [5, 5.41) is 0.514. The first-order valence-corrected chi connectivity index (χ1v) is 10.6. The minimum Gasteiger partial charge on any atom is -0.497 e. The molecule has 0 N–H and O–H groups in total. The molecule has 1 aliphatic rings. The highest BCUT2D eigenvalue weighted by Crippen LogP contribution is 2.36. The van der Waals surface area contributed by atoms with Gasteiger partial charge in [0, 0.05) is 16.7 Å². The van der Waals surface area contributed by atoms with Crippen molar-refractivity contribution in [3.63, 3.8) is 0 Å². The lowest BCUT2D eigenvalue weighted by Crippen LogP contribution is -2.41. The summed E-state index contributed by atoms with van der Waals surface area (Å²) in [5.41, 5.74) is 0.882. The molecule has 0 radical (unpaired) electrons. The third-order valence-corrected chi connectivity index (χ3v) is 6.53. The van der Waals surface area contributed by atoms with Crippen LogP contribution in [0.3, 0.4) is 0 Å². The highest BCUT2D eigenvalue weighted by Gasteiger charge is 2.37. The number of nitrogens with zero attached hydrogens (tertiary/aromatic N) is 1. The van der Waals surface area contributed by atoms with Crippen LogP contribution in [0.15, 0.2) is 42.5 Å². The fraction of sp³-hybridized carbons (Fsp3) is 0.316. The molecule has 1 atom stereocenters. The van der Waals surface area contributed by atoms with E-state index in [9.17, 15) is 13.2 Å². The fourth-order valence-electron chi connectivity index (χ4n) is 3.17. The van der Waals surface area contributed by atoms with Crippen LogP contribution in [-0.4, -0.2) is 46.1 Å². The molecule has 1 heterocycles. The molecule has 0 aliphatic carbocycles. The van der Waals surface area contributed by atoms with Crippen LogP contribution in [0.4, 0.5) is 5.69 Å². The van der Waals surface area contributed by atoms with E-state index in [-0.39, 0.29) is 17.4 Å². The average Bonchev–Trinajstić information content (AvgIpc) is 3.01. The standard InChI is InChI=1S/C19H20ClNO5S/c1-25-16-7-8-18(26-2)17(11-16)21(15-9-10-27(23,24)12-15)19(22)13-3-5-14(20)6-4-13/h3-8,11,15H,9-10,12H2,1-2H3. The van der Waals surface area contributed by atoms with Gasteiger partial charge in [-0.3, -0.25) is 4.79 Å². The Morgan fingerprint density at radius 2 is 1.81 bits per heavy atom. The Morgan fingerprint density at radius 3 is 2.37 bits per heavy atom. The number of halogens is 1. The molecule has 0 spiro atoms. The molecule has 3 rings (SSSR count). The second-order valence-corrected chi connectivity index (χ2v) is 8.94. The number of hydrogen-bond acceptors (Lipinski definition) is 5. The first kappa shape index (κ1) is 19.5. The van der Waals surface area contributed by atoms with Gasteiger partial charge in [0.15, 0.2) is 9.84 Å². The third-order valence-electron chi connectivity index (χ3n) is 4.53. The molecule has 144 valence electrons. The van der Waals surface area contributed by atoms with Crippen LogP contribution >= 0.6 is 11.6 Å². The SMILES string of the molecule is COc1ccc(OC)c(N(C(=O)c2ccc(Cl)cc2)C2CCS(=O)(=O)C2)c1. The Labute approximate surface area is 163 Å². The minimum atomic E-state index is -3.19. The Hall–Kier alpha value is -2.25. The van der Waals surface area contributed by atoms with Gasteiger partial charge in [0.05, 0.1) is 37.5 Å². The van der Waals surface area contributed by atoms with E-state index in [1.807, 2.05) is 0 Å². The summed E-state index contributed by atoms with van der Waals surface area (Å²) in [7, 11) is -0.167. The van der Waals surface area contributed by atoms with Crippen LogP contribution in [-0.2, 0) is 9.84 Å². The molecule has 0 bridgehead atoms. The van der Waals surface area contributed by atoms with Gasteiger partial charge in [-0.15, -0.1) is 0 Å². The fourth-order valence-corrected chi connectivity index (χ4v) is 4.99. The summed E-state index contributed by atoms with van der Waals surface area (Å²) in [5.74, 6) is 0.643. The second-order valence-electron chi connectivity index (χ2n) is 6.28. The van der Waals surface area contributed by atoms with Crippen LogP contribution in [0.5, 0.6) is 11.5 Å². The number of benzene rings is 2. The quantitative estimate of drug-likeness (QED) is 0.758. The summed E-state index contributed by atoms with van der Waals surface area (Å²) < 4.78 is 34.8. The van der Waals surface area contributed by atoms with E-state index in [0.29, 0.717) is 34.2 Å². The maximum Gasteiger partial charge on any atom is 0.258 e. The Bertz CT molecular complexity index is 943. The number of amides is 1. The van der Waals surface area contributed by atoms with Gasteiger partial charge < -0.3 is 14.4 Å². The van der Waals surface area contributed by atoms with Crippen molar-refractivity contribution in [2.75, 3.05) is 30.6 Å². The Balaban J connectivity index is 2.10. The lowest BCUT2D eigenvalue weighted by Gasteiger charge is -2.30. The molecule has 27 heavy (non-hydrogen) atoms. The minimum absolute atomic E-state index is 0.0499. The van der Waals surface area contributed by atoms with E-state index in [2.05, 4.69) is 0 Å². The molecule has 1 unspecified atom stereocenters. The molecule has 8 heteroatoms. The number of hydrogen-bond donors (Lipinski definition) is 0. The zero-order valence-corrected chi connectivity index (χ0v) is 16.6. The number of sulfone groups is 1.